The maximum atomic E-state index is 11.8. The van der Waals surface area contributed by atoms with Gasteiger partial charge in [-0.25, -0.2) is 0 Å². The summed E-state index contributed by atoms with van der Waals surface area (Å²) >= 11 is 0. The Bertz CT molecular complexity index is 365. The summed E-state index contributed by atoms with van der Waals surface area (Å²) in [5.41, 5.74) is 2.27. The van der Waals surface area contributed by atoms with Gasteiger partial charge in [0.25, 0.3) is 0 Å². The molecule has 2 nitrogen and oxygen atoms in total. The highest BCUT2D eigenvalue weighted by Gasteiger charge is 2.17. The van der Waals surface area contributed by atoms with Crippen LogP contribution in [-0.4, -0.2) is 11.4 Å². The van der Waals surface area contributed by atoms with E-state index in [4.69, 9.17) is 0 Å². The van der Waals surface area contributed by atoms with Crippen molar-refractivity contribution in [1.29, 1.82) is 0 Å². The molecular weight excluding hydrogens is 210 g/mol. The summed E-state index contributed by atoms with van der Waals surface area (Å²) in [6, 6.07) is 8.26. The summed E-state index contributed by atoms with van der Waals surface area (Å²) in [5, 5.41) is 3.04. The lowest BCUT2D eigenvalue weighted by molar-refractivity contribution is -0.122. The van der Waals surface area contributed by atoms with E-state index in [1.54, 1.807) is 0 Å². The van der Waals surface area contributed by atoms with Gasteiger partial charge >= 0.3 is 0 Å². The van der Waals surface area contributed by atoms with E-state index in [9.17, 15) is 4.79 Å². The minimum Gasteiger partial charge on any atom is -0.351 e. The van der Waals surface area contributed by atoms with Crippen LogP contribution in [0.2, 0.25) is 0 Å². The standard InChI is InChI=1S/C15H23NO/c1-5-12-7-9-13(10-8-12)11-14(17)16-15(3,4)6-2/h7-10H,5-6,11H2,1-4H3,(H,16,17). The predicted octanol–water partition coefficient (Wildman–Crippen LogP) is 3.10. The van der Waals surface area contributed by atoms with Crippen LogP contribution in [0, 0.1) is 0 Å². The Morgan fingerprint density at radius 3 is 2.12 bits per heavy atom. The molecule has 0 spiro atoms. The van der Waals surface area contributed by atoms with E-state index in [-0.39, 0.29) is 11.4 Å². The second-order valence-corrected chi connectivity index (χ2v) is 5.13. The number of rotatable bonds is 5. The predicted molar refractivity (Wildman–Crippen MR) is 72.0 cm³/mol. The van der Waals surface area contributed by atoms with Gasteiger partial charge in [0, 0.05) is 5.54 Å². The fraction of sp³-hybridized carbons (Fsp3) is 0.533. The fourth-order valence-electron chi connectivity index (χ4n) is 1.59. The van der Waals surface area contributed by atoms with Crippen molar-refractivity contribution in [2.75, 3.05) is 0 Å². The number of hydrogen-bond acceptors (Lipinski definition) is 1. The Labute approximate surface area is 104 Å². The highest BCUT2D eigenvalue weighted by atomic mass is 16.1. The zero-order valence-corrected chi connectivity index (χ0v) is 11.3. The first-order chi connectivity index (χ1) is 7.96. The number of carbonyl (C=O) groups excluding carboxylic acids is 1. The molecule has 0 atom stereocenters. The molecule has 0 saturated heterocycles. The third-order valence-electron chi connectivity index (χ3n) is 3.16. The Balaban J connectivity index is 2.56. The maximum absolute atomic E-state index is 11.8. The van der Waals surface area contributed by atoms with Crippen molar-refractivity contribution >= 4 is 5.91 Å². The van der Waals surface area contributed by atoms with Crippen LogP contribution in [0.5, 0.6) is 0 Å². The third-order valence-corrected chi connectivity index (χ3v) is 3.16. The van der Waals surface area contributed by atoms with Crippen LogP contribution in [0.4, 0.5) is 0 Å². The lowest BCUT2D eigenvalue weighted by Crippen LogP contribution is -2.43. The highest BCUT2D eigenvalue weighted by molar-refractivity contribution is 5.79. The monoisotopic (exact) mass is 233 g/mol. The molecule has 1 N–H and O–H groups in total. The number of nitrogens with one attached hydrogen (secondary N) is 1. The van der Waals surface area contributed by atoms with Crippen molar-refractivity contribution in [3.8, 4) is 0 Å². The Morgan fingerprint density at radius 1 is 1.12 bits per heavy atom. The Hall–Kier alpha value is -1.31. The van der Waals surface area contributed by atoms with E-state index in [0.717, 1.165) is 18.4 Å². The quantitative estimate of drug-likeness (QED) is 0.832. The lowest BCUT2D eigenvalue weighted by Gasteiger charge is -2.24. The number of amides is 1. The molecule has 17 heavy (non-hydrogen) atoms. The molecule has 1 amide bonds. The largest absolute Gasteiger partial charge is 0.351 e. The number of aryl methyl sites for hydroxylation is 1. The molecular formula is C15H23NO. The average molecular weight is 233 g/mol. The van der Waals surface area contributed by atoms with Gasteiger partial charge in [-0.3, -0.25) is 4.79 Å². The van der Waals surface area contributed by atoms with Gasteiger partial charge in [-0.2, -0.15) is 0 Å². The summed E-state index contributed by atoms with van der Waals surface area (Å²) in [4.78, 5) is 11.8. The van der Waals surface area contributed by atoms with Crippen molar-refractivity contribution in [3.63, 3.8) is 0 Å². The minimum atomic E-state index is -0.111. The first kappa shape index (κ1) is 13.8. The molecule has 0 aliphatic heterocycles. The molecule has 0 saturated carbocycles. The van der Waals surface area contributed by atoms with Crippen LogP contribution >= 0.6 is 0 Å². The molecule has 1 aromatic rings. The van der Waals surface area contributed by atoms with E-state index in [2.05, 4.69) is 31.3 Å². The summed E-state index contributed by atoms with van der Waals surface area (Å²) in [5.74, 6) is 0.0982. The van der Waals surface area contributed by atoms with E-state index in [0.29, 0.717) is 6.42 Å². The molecule has 1 aromatic carbocycles. The second-order valence-electron chi connectivity index (χ2n) is 5.13. The molecule has 1 rings (SSSR count). The van der Waals surface area contributed by atoms with Crippen LogP contribution in [0.1, 0.15) is 45.2 Å². The summed E-state index contributed by atoms with van der Waals surface area (Å²) < 4.78 is 0. The van der Waals surface area contributed by atoms with Crippen molar-refractivity contribution in [2.45, 2.75) is 52.5 Å². The van der Waals surface area contributed by atoms with Gasteiger partial charge < -0.3 is 5.32 Å². The van der Waals surface area contributed by atoms with Crippen molar-refractivity contribution in [2.24, 2.45) is 0 Å². The normalized spacial score (nSPS) is 11.3. The molecule has 94 valence electrons. The van der Waals surface area contributed by atoms with E-state index >= 15 is 0 Å². The van der Waals surface area contributed by atoms with Gasteiger partial charge in [-0.15, -0.1) is 0 Å². The van der Waals surface area contributed by atoms with E-state index < -0.39 is 0 Å². The highest BCUT2D eigenvalue weighted by Crippen LogP contribution is 2.09. The number of hydrogen-bond donors (Lipinski definition) is 1. The van der Waals surface area contributed by atoms with E-state index in [1.165, 1.54) is 5.56 Å². The minimum absolute atomic E-state index is 0.0982. The van der Waals surface area contributed by atoms with Crippen LogP contribution in [0.15, 0.2) is 24.3 Å². The molecule has 0 radical (unpaired) electrons. The molecule has 2 heteroatoms. The summed E-state index contributed by atoms with van der Waals surface area (Å²) in [7, 11) is 0. The number of benzene rings is 1. The summed E-state index contributed by atoms with van der Waals surface area (Å²) in [6.45, 7) is 8.30. The topological polar surface area (TPSA) is 29.1 Å². The zero-order chi connectivity index (χ0) is 12.9. The first-order valence-electron chi connectivity index (χ1n) is 6.35. The Kier molecular flexibility index (Phi) is 4.73. The Morgan fingerprint density at radius 2 is 1.65 bits per heavy atom. The van der Waals surface area contributed by atoms with Gasteiger partial charge in [0.05, 0.1) is 6.42 Å². The molecule has 0 aromatic heterocycles. The summed E-state index contributed by atoms with van der Waals surface area (Å²) in [6.07, 6.45) is 2.44. The van der Waals surface area contributed by atoms with Gasteiger partial charge in [-0.1, -0.05) is 38.1 Å². The molecule has 0 aliphatic rings. The average Bonchev–Trinajstić information content (AvgIpc) is 2.29. The molecule has 0 aliphatic carbocycles. The van der Waals surface area contributed by atoms with Gasteiger partial charge in [-0.05, 0) is 37.8 Å². The first-order valence-corrected chi connectivity index (χ1v) is 6.35. The smallest absolute Gasteiger partial charge is 0.224 e. The van der Waals surface area contributed by atoms with Crippen LogP contribution in [-0.2, 0) is 17.6 Å². The van der Waals surface area contributed by atoms with Crippen molar-refractivity contribution in [3.05, 3.63) is 35.4 Å². The van der Waals surface area contributed by atoms with Gasteiger partial charge in [0.2, 0.25) is 5.91 Å². The molecule has 0 unspecified atom stereocenters. The molecule has 0 bridgehead atoms. The fourth-order valence-corrected chi connectivity index (χ4v) is 1.59. The van der Waals surface area contributed by atoms with Crippen molar-refractivity contribution in [1.82, 2.24) is 5.32 Å². The van der Waals surface area contributed by atoms with Gasteiger partial charge in [0.15, 0.2) is 0 Å². The van der Waals surface area contributed by atoms with Crippen molar-refractivity contribution < 1.29 is 4.79 Å². The van der Waals surface area contributed by atoms with Gasteiger partial charge in [0.1, 0.15) is 0 Å². The van der Waals surface area contributed by atoms with E-state index in [1.807, 2.05) is 26.0 Å². The third kappa shape index (κ3) is 4.59. The zero-order valence-electron chi connectivity index (χ0n) is 11.3. The maximum Gasteiger partial charge on any atom is 0.224 e. The number of carbonyl (C=O) groups is 1. The van der Waals surface area contributed by atoms with Crippen LogP contribution in [0.25, 0.3) is 0 Å². The SMILES string of the molecule is CCc1ccc(CC(=O)NC(C)(C)CC)cc1. The van der Waals surface area contributed by atoms with Crippen LogP contribution in [0.3, 0.4) is 0 Å². The molecule has 0 fully saturated rings. The van der Waals surface area contributed by atoms with Crippen LogP contribution < -0.4 is 5.32 Å². The second kappa shape index (κ2) is 5.85. The lowest BCUT2D eigenvalue weighted by atomic mass is 10.0. The molecule has 0 heterocycles.